The van der Waals surface area contributed by atoms with Crippen LogP contribution in [0.25, 0.3) is 0 Å². The first kappa shape index (κ1) is 14.6. The molecule has 0 radical (unpaired) electrons. The molecule has 0 aliphatic heterocycles. The molecule has 0 aromatic heterocycles. The third-order valence-electron chi connectivity index (χ3n) is 3.24. The minimum atomic E-state index is 0.288. The van der Waals surface area contributed by atoms with Crippen molar-refractivity contribution in [3.05, 3.63) is 69.2 Å². The molecule has 100 valence electrons. The SMILES string of the molecule is CC(N[C@@H](C)c1ccc(Cl)cc1)c1ccc(Br)cc1. The summed E-state index contributed by atoms with van der Waals surface area (Å²) in [6.07, 6.45) is 0. The molecule has 2 atom stereocenters. The molecule has 0 saturated heterocycles. The van der Waals surface area contributed by atoms with E-state index in [0.29, 0.717) is 6.04 Å². The molecule has 0 aliphatic rings. The van der Waals surface area contributed by atoms with Gasteiger partial charge in [0.05, 0.1) is 0 Å². The van der Waals surface area contributed by atoms with Crippen LogP contribution in [-0.4, -0.2) is 0 Å². The van der Waals surface area contributed by atoms with Gasteiger partial charge in [-0.15, -0.1) is 0 Å². The zero-order chi connectivity index (χ0) is 13.8. The van der Waals surface area contributed by atoms with Gasteiger partial charge < -0.3 is 5.32 Å². The van der Waals surface area contributed by atoms with E-state index in [1.54, 1.807) is 0 Å². The normalized spacial score (nSPS) is 14.1. The molecule has 1 unspecified atom stereocenters. The van der Waals surface area contributed by atoms with Crippen LogP contribution in [0.4, 0.5) is 0 Å². The van der Waals surface area contributed by atoms with Gasteiger partial charge in [-0.25, -0.2) is 0 Å². The lowest BCUT2D eigenvalue weighted by atomic mass is 10.0. The highest BCUT2D eigenvalue weighted by atomic mass is 79.9. The highest BCUT2D eigenvalue weighted by molar-refractivity contribution is 9.10. The van der Waals surface area contributed by atoms with Crippen molar-refractivity contribution in [1.29, 1.82) is 0 Å². The Balaban J connectivity index is 2.03. The Labute approximate surface area is 128 Å². The summed E-state index contributed by atoms with van der Waals surface area (Å²) in [4.78, 5) is 0. The molecule has 0 amide bonds. The number of hydrogen-bond acceptors (Lipinski definition) is 1. The Morgan fingerprint density at radius 2 is 1.26 bits per heavy atom. The first-order valence-corrected chi connectivity index (χ1v) is 7.50. The summed E-state index contributed by atoms with van der Waals surface area (Å²) in [6, 6.07) is 17.0. The Bertz CT molecular complexity index is 472. The van der Waals surface area contributed by atoms with Crippen molar-refractivity contribution in [3.8, 4) is 0 Å². The first-order chi connectivity index (χ1) is 9.06. The molecule has 0 heterocycles. The Morgan fingerprint density at radius 1 is 0.842 bits per heavy atom. The van der Waals surface area contributed by atoms with Crippen molar-refractivity contribution in [3.63, 3.8) is 0 Å². The minimum absolute atomic E-state index is 0.288. The molecule has 3 heteroatoms. The van der Waals surface area contributed by atoms with E-state index < -0.39 is 0 Å². The molecular weight excluding hydrogens is 322 g/mol. The second-order valence-corrected chi connectivity index (χ2v) is 6.07. The third-order valence-corrected chi connectivity index (χ3v) is 4.02. The third kappa shape index (κ3) is 4.07. The van der Waals surface area contributed by atoms with Gasteiger partial charge in [-0.3, -0.25) is 0 Å². The average Bonchev–Trinajstić information content (AvgIpc) is 2.40. The summed E-state index contributed by atoms with van der Waals surface area (Å²) in [6.45, 7) is 4.34. The lowest BCUT2D eigenvalue weighted by Crippen LogP contribution is -2.22. The maximum atomic E-state index is 5.91. The van der Waals surface area contributed by atoms with Crippen molar-refractivity contribution in [2.24, 2.45) is 0 Å². The topological polar surface area (TPSA) is 12.0 Å². The van der Waals surface area contributed by atoms with Crippen molar-refractivity contribution in [2.75, 3.05) is 0 Å². The van der Waals surface area contributed by atoms with E-state index in [1.165, 1.54) is 11.1 Å². The van der Waals surface area contributed by atoms with Crippen LogP contribution in [0.1, 0.15) is 37.1 Å². The Kier molecular flexibility index (Phi) is 5.03. The molecule has 19 heavy (non-hydrogen) atoms. The summed E-state index contributed by atoms with van der Waals surface area (Å²) < 4.78 is 1.11. The van der Waals surface area contributed by atoms with Crippen LogP contribution >= 0.6 is 27.5 Å². The Morgan fingerprint density at radius 3 is 1.74 bits per heavy atom. The lowest BCUT2D eigenvalue weighted by molar-refractivity contribution is 0.494. The summed E-state index contributed by atoms with van der Waals surface area (Å²) in [5, 5.41) is 4.37. The summed E-state index contributed by atoms with van der Waals surface area (Å²) in [5.74, 6) is 0. The molecule has 2 aromatic rings. The first-order valence-electron chi connectivity index (χ1n) is 6.33. The van der Waals surface area contributed by atoms with E-state index in [9.17, 15) is 0 Å². The van der Waals surface area contributed by atoms with Gasteiger partial charge in [0.2, 0.25) is 0 Å². The average molecular weight is 339 g/mol. The highest BCUT2D eigenvalue weighted by Crippen LogP contribution is 2.22. The van der Waals surface area contributed by atoms with Gasteiger partial charge >= 0.3 is 0 Å². The van der Waals surface area contributed by atoms with E-state index in [2.05, 4.69) is 71.5 Å². The number of halogens is 2. The van der Waals surface area contributed by atoms with Crippen molar-refractivity contribution >= 4 is 27.5 Å². The van der Waals surface area contributed by atoms with Crippen molar-refractivity contribution in [2.45, 2.75) is 25.9 Å². The molecule has 1 N–H and O–H groups in total. The maximum absolute atomic E-state index is 5.91. The van der Waals surface area contributed by atoms with E-state index in [0.717, 1.165) is 9.50 Å². The van der Waals surface area contributed by atoms with Crippen LogP contribution in [0.3, 0.4) is 0 Å². The van der Waals surface area contributed by atoms with E-state index in [1.807, 2.05) is 12.1 Å². The molecule has 0 aliphatic carbocycles. The fourth-order valence-corrected chi connectivity index (χ4v) is 2.46. The molecular formula is C16H17BrClN. The fourth-order valence-electron chi connectivity index (χ4n) is 2.07. The van der Waals surface area contributed by atoms with Crippen LogP contribution in [0.15, 0.2) is 53.0 Å². The minimum Gasteiger partial charge on any atom is -0.304 e. The number of rotatable bonds is 4. The summed E-state index contributed by atoms with van der Waals surface area (Å²) in [7, 11) is 0. The number of hydrogen-bond donors (Lipinski definition) is 1. The largest absolute Gasteiger partial charge is 0.304 e. The van der Waals surface area contributed by atoms with E-state index in [4.69, 9.17) is 11.6 Å². The zero-order valence-corrected chi connectivity index (χ0v) is 13.4. The van der Waals surface area contributed by atoms with Crippen LogP contribution < -0.4 is 5.32 Å². The standard InChI is InChI=1S/C16H17BrClN/c1-11(13-3-7-15(17)8-4-13)19-12(2)14-5-9-16(18)10-6-14/h3-12,19H,1-2H3/t11?,12-/m0/s1. The second kappa shape index (κ2) is 6.56. The van der Waals surface area contributed by atoms with Crippen LogP contribution in [0.5, 0.6) is 0 Å². The van der Waals surface area contributed by atoms with Gasteiger partial charge in [0, 0.05) is 21.6 Å². The maximum Gasteiger partial charge on any atom is 0.0406 e. The van der Waals surface area contributed by atoms with Crippen molar-refractivity contribution < 1.29 is 0 Å². The number of nitrogens with one attached hydrogen (secondary N) is 1. The predicted molar refractivity (Wildman–Crippen MR) is 85.6 cm³/mol. The molecule has 2 rings (SSSR count). The quantitative estimate of drug-likeness (QED) is 0.774. The van der Waals surface area contributed by atoms with E-state index >= 15 is 0 Å². The molecule has 2 aromatic carbocycles. The molecule has 0 fully saturated rings. The monoisotopic (exact) mass is 337 g/mol. The predicted octanol–water partition coefficient (Wildman–Crippen LogP) is 5.51. The zero-order valence-electron chi connectivity index (χ0n) is 11.0. The van der Waals surface area contributed by atoms with Gasteiger partial charge in [0.25, 0.3) is 0 Å². The molecule has 0 saturated carbocycles. The van der Waals surface area contributed by atoms with Gasteiger partial charge in [-0.2, -0.15) is 0 Å². The van der Waals surface area contributed by atoms with Gasteiger partial charge in [-0.1, -0.05) is 51.8 Å². The number of benzene rings is 2. The van der Waals surface area contributed by atoms with Crippen LogP contribution in [0, 0.1) is 0 Å². The highest BCUT2D eigenvalue weighted by Gasteiger charge is 2.10. The molecule has 0 bridgehead atoms. The lowest BCUT2D eigenvalue weighted by Gasteiger charge is -2.21. The van der Waals surface area contributed by atoms with Crippen LogP contribution in [0.2, 0.25) is 5.02 Å². The van der Waals surface area contributed by atoms with Gasteiger partial charge in [0.1, 0.15) is 0 Å². The Hall–Kier alpha value is -0.830. The smallest absolute Gasteiger partial charge is 0.0406 e. The molecule has 0 spiro atoms. The van der Waals surface area contributed by atoms with Gasteiger partial charge in [-0.05, 0) is 49.2 Å². The van der Waals surface area contributed by atoms with Crippen molar-refractivity contribution in [1.82, 2.24) is 5.32 Å². The van der Waals surface area contributed by atoms with Gasteiger partial charge in [0.15, 0.2) is 0 Å². The molecule has 1 nitrogen and oxygen atoms in total. The fraction of sp³-hybridized carbons (Fsp3) is 0.250. The summed E-state index contributed by atoms with van der Waals surface area (Å²) >= 11 is 9.36. The van der Waals surface area contributed by atoms with E-state index in [-0.39, 0.29) is 6.04 Å². The second-order valence-electron chi connectivity index (χ2n) is 4.71. The van der Waals surface area contributed by atoms with Crippen LogP contribution in [-0.2, 0) is 0 Å². The summed E-state index contributed by atoms with van der Waals surface area (Å²) in [5.41, 5.74) is 2.53.